The van der Waals surface area contributed by atoms with E-state index in [0.717, 1.165) is 44.7 Å². The Hall–Kier alpha value is -1.53. The molecule has 4 aliphatic rings. The van der Waals surface area contributed by atoms with Crippen molar-refractivity contribution in [3.05, 3.63) is 29.3 Å². The monoisotopic (exact) mass is 529 g/mol. The van der Waals surface area contributed by atoms with Crippen LogP contribution in [0.4, 0.5) is 4.39 Å². The fourth-order valence-corrected chi connectivity index (χ4v) is 10.5. The third-order valence-electron chi connectivity index (χ3n) is 12.4. The Kier molecular flexibility index (Phi) is 7.71. The number of carboxylic acids is 1. The van der Waals surface area contributed by atoms with Gasteiger partial charge in [0.2, 0.25) is 0 Å². The number of aryl methyl sites for hydroxylation is 1. The number of aromatic carboxylic acids is 1. The molecule has 5 nitrogen and oxygen atoms in total. The number of aliphatic hydroxyl groups excluding tert-OH is 2. The number of carbonyl (C=O) groups is 1. The highest BCUT2D eigenvalue weighted by Gasteiger charge is 2.64. The average Bonchev–Trinajstić information content (AvgIpc) is 3.23. The summed E-state index contributed by atoms with van der Waals surface area (Å²) in [7, 11) is 0. The highest BCUT2D eigenvalue weighted by molar-refractivity contribution is 5.87. The van der Waals surface area contributed by atoms with Crippen molar-refractivity contribution in [1.29, 1.82) is 0 Å². The third-order valence-corrected chi connectivity index (χ3v) is 12.4. The maximum absolute atomic E-state index is 13.7. The van der Waals surface area contributed by atoms with E-state index in [1.807, 2.05) is 0 Å². The van der Waals surface area contributed by atoms with Crippen LogP contribution in [0.25, 0.3) is 0 Å². The zero-order chi connectivity index (χ0) is 27.4. The number of hydrogen-bond donors (Lipinski definition) is 3. The van der Waals surface area contributed by atoms with Gasteiger partial charge in [-0.25, -0.2) is 9.18 Å². The van der Waals surface area contributed by atoms with Gasteiger partial charge in [0, 0.05) is 5.69 Å². The second-order valence-corrected chi connectivity index (χ2v) is 14.0. The van der Waals surface area contributed by atoms with Crippen molar-refractivity contribution >= 4 is 5.97 Å². The van der Waals surface area contributed by atoms with E-state index in [4.69, 9.17) is 0 Å². The number of aliphatic hydroxyl groups is 2. The van der Waals surface area contributed by atoms with E-state index in [1.165, 1.54) is 31.7 Å². The summed E-state index contributed by atoms with van der Waals surface area (Å²) in [6.45, 7) is 9.60. The lowest BCUT2D eigenvalue weighted by atomic mass is 9.41. The van der Waals surface area contributed by atoms with Crippen molar-refractivity contribution in [2.75, 3.05) is 0 Å². The zero-order valence-corrected chi connectivity index (χ0v) is 23.7. The van der Waals surface area contributed by atoms with Crippen molar-refractivity contribution < 1.29 is 24.5 Å². The van der Waals surface area contributed by atoms with Gasteiger partial charge in [-0.15, -0.1) is 0 Å². The Labute approximate surface area is 227 Å². The average molecular weight is 530 g/mol. The molecule has 0 spiro atoms. The quantitative estimate of drug-likeness (QED) is 0.375. The van der Waals surface area contributed by atoms with Gasteiger partial charge in [-0.3, -0.25) is 4.98 Å². The van der Waals surface area contributed by atoms with E-state index >= 15 is 0 Å². The summed E-state index contributed by atoms with van der Waals surface area (Å²) in [6.07, 6.45) is 11.8. The molecule has 0 amide bonds. The lowest BCUT2D eigenvalue weighted by Crippen LogP contribution is -2.62. The first kappa shape index (κ1) is 28.0. The van der Waals surface area contributed by atoms with Gasteiger partial charge in [-0.1, -0.05) is 40.5 Å². The largest absolute Gasteiger partial charge is 0.478 e. The highest BCUT2D eigenvalue weighted by atomic mass is 19.1. The molecular formula is C32H48FNO4. The van der Waals surface area contributed by atoms with E-state index < -0.39 is 11.8 Å². The molecule has 38 heavy (non-hydrogen) atoms. The van der Waals surface area contributed by atoms with Gasteiger partial charge in [-0.2, -0.15) is 0 Å². The predicted molar refractivity (Wildman–Crippen MR) is 145 cm³/mol. The number of nitrogens with zero attached hydrogens (tertiary/aromatic N) is 1. The van der Waals surface area contributed by atoms with Crippen molar-refractivity contribution in [3.8, 4) is 0 Å². The van der Waals surface area contributed by atoms with Gasteiger partial charge < -0.3 is 15.3 Å². The van der Waals surface area contributed by atoms with Crippen molar-refractivity contribution in [3.63, 3.8) is 0 Å². The maximum atomic E-state index is 13.7. The summed E-state index contributed by atoms with van der Waals surface area (Å²) in [5, 5.41) is 31.6. The molecule has 11 atom stereocenters. The minimum atomic E-state index is -1.25. The molecule has 1 heterocycles. The summed E-state index contributed by atoms with van der Waals surface area (Å²) < 4.78 is 13.7. The topological polar surface area (TPSA) is 90.7 Å². The van der Waals surface area contributed by atoms with Gasteiger partial charge in [0.05, 0.1) is 24.0 Å². The van der Waals surface area contributed by atoms with Gasteiger partial charge in [0.1, 0.15) is 0 Å². The van der Waals surface area contributed by atoms with E-state index in [0.29, 0.717) is 47.6 Å². The second kappa shape index (κ2) is 10.5. The minimum Gasteiger partial charge on any atom is -0.478 e. The third kappa shape index (κ3) is 4.52. The molecule has 1 aromatic heterocycles. The molecule has 0 radical (unpaired) electrons. The molecule has 212 valence electrons. The lowest BCUT2D eigenvalue weighted by Gasteiger charge is -2.64. The number of fused-ring (bicyclic) bond motifs is 5. The molecule has 1 aromatic rings. The second-order valence-electron chi connectivity index (χ2n) is 14.0. The standard InChI is InChI=1S/C32H48FNO4/c1-5-21-26-16-20(35)11-13-32(26,4)25-12-14-31(3)23(9-10-24(31)28(25)29(21)36)18(2)7-6-8-19-15-22(30(37)38)27(33)17-34-19/h15,17-18,20-21,23-26,28-29,35-36H,5-14,16H2,1-4H3,(H,37,38)/t18-,20-,21-,23-,24+,25+,26+,28+,29-,31-,32-/m1/s1. The van der Waals surface area contributed by atoms with Crippen LogP contribution in [-0.4, -0.2) is 38.5 Å². The zero-order valence-electron chi connectivity index (χ0n) is 23.7. The Morgan fingerprint density at radius 3 is 2.53 bits per heavy atom. The molecule has 0 aliphatic heterocycles. The van der Waals surface area contributed by atoms with Crippen LogP contribution in [0.5, 0.6) is 0 Å². The molecule has 3 N–H and O–H groups in total. The molecule has 4 aliphatic carbocycles. The molecule has 4 fully saturated rings. The van der Waals surface area contributed by atoms with Crippen LogP contribution in [0.1, 0.15) is 108 Å². The highest BCUT2D eigenvalue weighted by Crippen LogP contribution is 2.69. The Balaban J connectivity index is 1.28. The number of pyridine rings is 1. The van der Waals surface area contributed by atoms with Crippen molar-refractivity contribution in [2.45, 2.75) is 111 Å². The summed E-state index contributed by atoms with van der Waals surface area (Å²) in [5.41, 5.74) is 0.808. The maximum Gasteiger partial charge on any atom is 0.338 e. The lowest BCUT2D eigenvalue weighted by molar-refractivity contribution is -0.203. The first-order chi connectivity index (χ1) is 18.0. The Morgan fingerprint density at radius 1 is 1.11 bits per heavy atom. The SMILES string of the molecule is CC[C@H]1[C@@H](O)[C@@H]2[C@H](CC[C@]3(C)[C@@H]([C@H](C)CCCc4cc(C(=O)O)c(F)cn4)CC[C@@H]23)[C@@]2(C)CC[C@@H](O)C[C@@H]12. The first-order valence-electron chi connectivity index (χ1n) is 15.2. The van der Waals surface area contributed by atoms with Gasteiger partial charge in [0.15, 0.2) is 5.82 Å². The van der Waals surface area contributed by atoms with E-state index in [-0.39, 0.29) is 34.5 Å². The van der Waals surface area contributed by atoms with Crippen LogP contribution in [0.3, 0.4) is 0 Å². The van der Waals surface area contributed by atoms with Crippen molar-refractivity contribution in [1.82, 2.24) is 4.98 Å². The van der Waals surface area contributed by atoms with Gasteiger partial charge in [-0.05, 0) is 116 Å². The van der Waals surface area contributed by atoms with Crippen LogP contribution in [0, 0.1) is 58.1 Å². The van der Waals surface area contributed by atoms with Crippen LogP contribution in [-0.2, 0) is 6.42 Å². The summed E-state index contributed by atoms with van der Waals surface area (Å²) in [5.74, 6) is 1.31. The Bertz CT molecular complexity index is 1030. The summed E-state index contributed by atoms with van der Waals surface area (Å²) >= 11 is 0. The van der Waals surface area contributed by atoms with Crippen LogP contribution in [0.2, 0.25) is 0 Å². The van der Waals surface area contributed by atoms with Crippen LogP contribution in [0.15, 0.2) is 12.3 Å². The van der Waals surface area contributed by atoms with E-state index in [9.17, 15) is 24.5 Å². The van der Waals surface area contributed by atoms with Crippen molar-refractivity contribution in [2.24, 2.45) is 52.3 Å². The first-order valence-corrected chi connectivity index (χ1v) is 15.2. The molecule has 0 saturated heterocycles. The summed E-state index contributed by atoms with van der Waals surface area (Å²) in [6, 6.07) is 1.38. The molecular weight excluding hydrogens is 481 g/mol. The molecule has 0 unspecified atom stereocenters. The number of rotatable bonds is 7. The minimum absolute atomic E-state index is 0.211. The number of carboxylic acid groups (broad SMARTS) is 1. The Morgan fingerprint density at radius 2 is 1.82 bits per heavy atom. The smallest absolute Gasteiger partial charge is 0.338 e. The van der Waals surface area contributed by atoms with Gasteiger partial charge >= 0.3 is 5.97 Å². The normalized spacial score (nSPS) is 43.1. The van der Waals surface area contributed by atoms with E-state index in [1.54, 1.807) is 0 Å². The molecule has 5 rings (SSSR count). The van der Waals surface area contributed by atoms with Crippen LogP contribution < -0.4 is 0 Å². The number of aromatic nitrogens is 1. The fraction of sp³-hybridized carbons (Fsp3) is 0.812. The number of hydrogen-bond acceptors (Lipinski definition) is 4. The molecule has 0 aromatic carbocycles. The van der Waals surface area contributed by atoms with Gasteiger partial charge in [0.25, 0.3) is 0 Å². The summed E-state index contributed by atoms with van der Waals surface area (Å²) in [4.78, 5) is 15.4. The fourth-order valence-electron chi connectivity index (χ4n) is 10.5. The number of halogens is 1. The molecule has 0 bridgehead atoms. The predicted octanol–water partition coefficient (Wildman–Crippen LogP) is 6.50. The van der Waals surface area contributed by atoms with E-state index in [2.05, 4.69) is 32.7 Å². The molecule has 6 heteroatoms. The molecule has 4 saturated carbocycles. The van der Waals surface area contributed by atoms with Crippen LogP contribution >= 0.6 is 0 Å².